The van der Waals surface area contributed by atoms with Gasteiger partial charge < -0.3 is 19.5 Å². The summed E-state index contributed by atoms with van der Waals surface area (Å²) in [5.74, 6) is 1.93. The minimum atomic E-state index is -0.0819. The number of hydrogen-bond donors (Lipinski definition) is 1. The predicted molar refractivity (Wildman–Crippen MR) is 93.9 cm³/mol. The Morgan fingerprint density at radius 1 is 1.29 bits per heavy atom. The van der Waals surface area contributed by atoms with E-state index in [1.165, 1.54) is 0 Å². The minimum absolute atomic E-state index is 0.0819. The van der Waals surface area contributed by atoms with Crippen molar-refractivity contribution in [2.75, 3.05) is 27.4 Å². The van der Waals surface area contributed by atoms with E-state index in [1.54, 1.807) is 20.3 Å². The van der Waals surface area contributed by atoms with Crippen LogP contribution in [0, 0.1) is 18.8 Å². The molecule has 0 unspecified atom stereocenters. The molecule has 0 radical (unpaired) electrons. The van der Waals surface area contributed by atoms with Gasteiger partial charge in [-0.1, -0.05) is 13.8 Å². The van der Waals surface area contributed by atoms with Gasteiger partial charge in [0.05, 0.1) is 20.3 Å². The van der Waals surface area contributed by atoms with Crippen molar-refractivity contribution in [3.8, 4) is 11.5 Å². The molecule has 1 fully saturated rings. The van der Waals surface area contributed by atoms with Gasteiger partial charge in [-0.2, -0.15) is 0 Å². The number of carbonyl (C=O) groups excluding carboxylic acids is 1. The number of aryl methyl sites for hydroxylation is 1. The molecule has 0 aromatic heterocycles. The van der Waals surface area contributed by atoms with Crippen molar-refractivity contribution in [1.29, 1.82) is 0 Å². The predicted octanol–water partition coefficient (Wildman–Crippen LogP) is 3.19. The zero-order chi connectivity index (χ0) is 17.7. The molecule has 1 heterocycles. The van der Waals surface area contributed by atoms with Gasteiger partial charge in [0.1, 0.15) is 0 Å². The van der Waals surface area contributed by atoms with Crippen LogP contribution in [-0.4, -0.2) is 39.4 Å². The van der Waals surface area contributed by atoms with Crippen molar-refractivity contribution in [3.63, 3.8) is 0 Å². The number of rotatable bonds is 6. The lowest BCUT2D eigenvalue weighted by Crippen LogP contribution is -2.41. The number of amides is 1. The second kappa shape index (κ2) is 8.38. The van der Waals surface area contributed by atoms with Crippen molar-refractivity contribution < 1.29 is 19.0 Å². The van der Waals surface area contributed by atoms with Crippen molar-refractivity contribution in [1.82, 2.24) is 5.32 Å². The number of benzene rings is 1. The fourth-order valence-corrected chi connectivity index (χ4v) is 3.36. The van der Waals surface area contributed by atoms with Crippen LogP contribution in [0.3, 0.4) is 0 Å². The van der Waals surface area contributed by atoms with E-state index in [9.17, 15) is 4.79 Å². The molecular weight excluding hydrogens is 306 g/mol. The van der Waals surface area contributed by atoms with Gasteiger partial charge in [0, 0.05) is 24.6 Å². The summed E-state index contributed by atoms with van der Waals surface area (Å²) in [7, 11) is 3.16. The summed E-state index contributed by atoms with van der Waals surface area (Å²) in [6.45, 7) is 7.70. The van der Waals surface area contributed by atoms with Crippen LogP contribution in [0.15, 0.2) is 12.1 Å². The summed E-state index contributed by atoms with van der Waals surface area (Å²) >= 11 is 0. The van der Waals surface area contributed by atoms with Gasteiger partial charge in [-0.05, 0) is 43.4 Å². The van der Waals surface area contributed by atoms with Gasteiger partial charge in [-0.3, -0.25) is 4.79 Å². The molecule has 1 amide bonds. The van der Waals surface area contributed by atoms with Crippen molar-refractivity contribution in [2.45, 2.75) is 39.7 Å². The summed E-state index contributed by atoms with van der Waals surface area (Å²) in [5, 5.41) is 3.07. The van der Waals surface area contributed by atoms with E-state index in [-0.39, 0.29) is 12.0 Å². The molecule has 0 saturated carbocycles. The third-order valence-corrected chi connectivity index (χ3v) is 4.65. The fraction of sp³-hybridized carbons (Fsp3) is 0.632. The number of carbonyl (C=O) groups is 1. The van der Waals surface area contributed by atoms with Gasteiger partial charge in [0.15, 0.2) is 11.5 Å². The molecule has 0 bridgehead atoms. The molecule has 1 aliphatic rings. The van der Waals surface area contributed by atoms with E-state index in [0.29, 0.717) is 35.4 Å². The monoisotopic (exact) mass is 335 g/mol. The van der Waals surface area contributed by atoms with Crippen LogP contribution < -0.4 is 14.8 Å². The van der Waals surface area contributed by atoms with E-state index in [4.69, 9.17) is 14.2 Å². The maximum Gasteiger partial charge on any atom is 0.251 e. The molecule has 0 aliphatic carbocycles. The van der Waals surface area contributed by atoms with Gasteiger partial charge in [-0.25, -0.2) is 0 Å². The van der Waals surface area contributed by atoms with Gasteiger partial charge in [-0.15, -0.1) is 0 Å². The van der Waals surface area contributed by atoms with Crippen LogP contribution in [0.4, 0.5) is 0 Å². The highest BCUT2D eigenvalue weighted by atomic mass is 16.5. The van der Waals surface area contributed by atoms with E-state index in [0.717, 1.165) is 25.0 Å². The van der Waals surface area contributed by atoms with Crippen LogP contribution >= 0.6 is 0 Å². The molecular formula is C19H29NO4. The van der Waals surface area contributed by atoms with Crippen molar-refractivity contribution in [2.24, 2.45) is 11.8 Å². The molecule has 1 aliphatic heterocycles. The summed E-state index contributed by atoms with van der Waals surface area (Å²) < 4.78 is 16.5. The lowest BCUT2D eigenvalue weighted by atomic mass is 9.87. The van der Waals surface area contributed by atoms with Gasteiger partial charge >= 0.3 is 0 Å². The molecule has 5 heteroatoms. The first-order chi connectivity index (χ1) is 11.5. The van der Waals surface area contributed by atoms with E-state index < -0.39 is 0 Å². The Morgan fingerprint density at radius 2 is 1.96 bits per heavy atom. The van der Waals surface area contributed by atoms with Crippen LogP contribution in [0.1, 0.15) is 42.6 Å². The highest BCUT2D eigenvalue weighted by Gasteiger charge is 2.29. The lowest BCUT2D eigenvalue weighted by Gasteiger charge is -2.34. The summed E-state index contributed by atoms with van der Waals surface area (Å²) in [5.41, 5.74) is 1.48. The molecule has 2 atom stereocenters. The first kappa shape index (κ1) is 18.6. The molecule has 1 saturated heterocycles. The maximum atomic E-state index is 12.6. The Kier molecular flexibility index (Phi) is 6.49. The van der Waals surface area contributed by atoms with E-state index in [2.05, 4.69) is 19.2 Å². The van der Waals surface area contributed by atoms with Crippen LogP contribution in [0.2, 0.25) is 0 Å². The second-order valence-electron chi connectivity index (χ2n) is 6.71. The SMILES string of the molecule is COc1cc(C)c(C(=O)NC[C@H]2CCCO[C@H]2C(C)C)cc1OC. The summed E-state index contributed by atoms with van der Waals surface area (Å²) in [6.07, 6.45) is 2.36. The Labute approximate surface area is 144 Å². The largest absolute Gasteiger partial charge is 0.493 e. The third kappa shape index (κ3) is 4.20. The fourth-order valence-electron chi connectivity index (χ4n) is 3.36. The van der Waals surface area contributed by atoms with Gasteiger partial charge in [0.25, 0.3) is 5.91 Å². The van der Waals surface area contributed by atoms with Crippen LogP contribution in [-0.2, 0) is 4.74 Å². The average molecular weight is 335 g/mol. The highest BCUT2D eigenvalue weighted by molar-refractivity contribution is 5.96. The quantitative estimate of drug-likeness (QED) is 0.867. The Balaban J connectivity index is 2.07. The first-order valence-electron chi connectivity index (χ1n) is 8.60. The zero-order valence-corrected chi connectivity index (χ0v) is 15.3. The minimum Gasteiger partial charge on any atom is -0.493 e. The first-order valence-corrected chi connectivity index (χ1v) is 8.60. The molecule has 2 rings (SSSR count). The number of ether oxygens (including phenoxy) is 3. The third-order valence-electron chi connectivity index (χ3n) is 4.65. The van der Waals surface area contributed by atoms with Crippen molar-refractivity contribution >= 4 is 5.91 Å². The average Bonchev–Trinajstić information content (AvgIpc) is 2.59. The molecule has 0 spiro atoms. The molecule has 1 aromatic rings. The topological polar surface area (TPSA) is 56.8 Å². The second-order valence-corrected chi connectivity index (χ2v) is 6.71. The normalized spacial score (nSPS) is 20.8. The van der Waals surface area contributed by atoms with E-state index >= 15 is 0 Å². The van der Waals surface area contributed by atoms with E-state index in [1.807, 2.05) is 13.0 Å². The molecule has 1 aromatic carbocycles. The molecule has 5 nitrogen and oxygen atoms in total. The molecule has 1 N–H and O–H groups in total. The molecule has 24 heavy (non-hydrogen) atoms. The standard InChI is InChI=1S/C19H29NO4/c1-12(2)18-14(7-6-8-24-18)11-20-19(21)15-10-17(23-5)16(22-4)9-13(15)3/h9-10,12,14,18H,6-8,11H2,1-5H3,(H,20,21)/t14-,18+/m1/s1. The smallest absolute Gasteiger partial charge is 0.251 e. The zero-order valence-electron chi connectivity index (χ0n) is 15.3. The summed E-state index contributed by atoms with van der Waals surface area (Å²) in [4.78, 5) is 12.6. The number of nitrogens with one attached hydrogen (secondary N) is 1. The summed E-state index contributed by atoms with van der Waals surface area (Å²) in [6, 6.07) is 3.56. The van der Waals surface area contributed by atoms with Crippen LogP contribution in [0.25, 0.3) is 0 Å². The van der Waals surface area contributed by atoms with Crippen molar-refractivity contribution in [3.05, 3.63) is 23.3 Å². The Hall–Kier alpha value is -1.75. The number of hydrogen-bond acceptors (Lipinski definition) is 4. The Bertz CT molecular complexity index is 571. The van der Waals surface area contributed by atoms with Gasteiger partial charge in [0.2, 0.25) is 0 Å². The highest BCUT2D eigenvalue weighted by Crippen LogP contribution is 2.30. The number of methoxy groups -OCH3 is 2. The Morgan fingerprint density at radius 3 is 2.58 bits per heavy atom. The molecule has 134 valence electrons. The van der Waals surface area contributed by atoms with Crippen LogP contribution in [0.5, 0.6) is 11.5 Å². The maximum absolute atomic E-state index is 12.6. The lowest BCUT2D eigenvalue weighted by molar-refractivity contribution is -0.0510.